The predicted molar refractivity (Wildman–Crippen MR) is 178 cm³/mol. The second-order valence-corrected chi connectivity index (χ2v) is 13.2. The van der Waals surface area contributed by atoms with Crippen LogP contribution < -0.4 is 15.0 Å². The molecule has 0 bridgehead atoms. The number of rotatable bonds is 9. The van der Waals surface area contributed by atoms with Crippen molar-refractivity contribution in [2.45, 2.75) is 76.3 Å². The monoisotopic (exact) mass is 606 g/mol. The van der Waals surface area contributed by atoms with Gasteiger partial charge in [-0.05, 0) is 69.0 Å². The number of carbonyl (C=O) groups is 2. The quantitative estimate of drug-likeness (QED) is 0.282. The smallest absolute Gasteiger partial charge is 0.254 e. The summed E-state index contributed by atoms with van der Waals surface area (Å²) in [4.78, 5) is 34.4. The Morgan fingerprint density at radius 2 is 1.58 bits per heavy atom. The number of carbonyl (C=O) groups excluding carboxylic acids is 2. The van der Waals surface area contributed by atoms with Gasteiger partial charge in [0.2, 0.25) is 5.91 Å². The van der Waals surface area contributed by atoms with Crippen LogP contribution in [-0.2, 0) is 16.8 Å². The topological polar surface area (TPSA) is 65.1 Å². The van der Waals surface area contributed by atoms with Crippen LogP contribution in [-0.4, -0.2) is 66.9 Å². The number of piperazine rings is 1. The van der Waals surface area contributed by atoms with Gasteiger partial charge in [0.05, 0.1) is 0 Å². The zero-order valence-corrected chi connectivity index (χ0v) is 26.6. The number of unbranched alkanes of at least 4 members (excludes halogenated alkanes) is 1. The first kappa shape index (κ1) is 29.8. The molecular weight excluding hydrogens is 560 g/mol. The Labute approximate surface area is 267 Å². The Balaban J connectivity index is 0.968. The Morgan fingerprint density at radius 3 is 2.27 bits per heavy atom. The van der Waals surface area contributed by atoms with Crippen molar-refractivity contribution in [1.29, 1.82) is 0 Å². The number of amides is 2. The standard InChI is InChI=1S/C38H46N4O3/c1-2-39-37(44)38(32-14-6-8-16-34(32)45-35-17-9-7-15-33(35)38)20-10-11-21-40-22-24-41(25-23-40)30-19-18-28-27-42(36(43)31(28)26-30)29-12-4-3-5-13-29/h6-9,14-19,26,29H,2-5,10-13,20-25,27H2,1H3,(H,39,44). The molecule has 0 radical (unpaired) electrons. The molecule has 3 aromatic rings. The Hall–Kier alpha value is -3.84. The summed E-state index contributed by atoms with van der Waals surface area (Å²) in [6.45, 7) is 8.28. The van der Waals surface area contributed by atoms with Crippen LogP contribution in [0.1, 0.15) is 85.3 Å². The molecule has 7 nitrogen and oxygen atoms in total. The third-order valence-corrected chi connectivity index (χ3v) is 10.6. The lowest BCUT2D eigenvalue weighted by Gasteiger charge is -2.39. The molecule has 4 aliphatic rings. The highest BCUT2D eigenvalue weighted by molar-refractivity contribution is 5.99. The Bertz CT molecular complexity index is 1490. The second-order valence-electron chi connectivity index (χ2n) is 13.2. The van der Waals surface area contributed by atoms with Crippen LogP contribution in [0.25, 0.3) is 0 Å². The molecule has 236 valence electrons. The fraction of sp³-hybridized carbons (Fsp3) is 0.474. The number of likely N-dealkylation sites (N-methyl/N-ethyl adjacent to an activating group) is 1. The third-order valence-electron chi connectivity index (χ3n) is 10.6. The minimum absolute atomic E-state index is 0.0523. The summed E-state index contributed by atoms with van der Waals surface area (Å²) in [5.74, 6) is 1.83. The molecular formula is C38H46N4O3. The maximum atomic E-state index is 13.9. The summed E-state index contributed by atoms with van der Waals surface area (Å²) in [7, 11) is 0. The van der Waals surface area contributed by atoms with Crippen LogP contribution in [0.3, 0.4) is 0 Å². The van der Waals surface area contributed by atoms with Gasteiger partial charge in [0, 0.05) is 67.7 Å². The minimum atomic E-state index is -0.766. The van der Waals surface area contributed by atoms with E-state index < -0.39 is 5.41 Å². The van der Waals surface area contributed by atoms with Gasteiger partial charge in [-0.2, -0.15) is 0 Å². The number of nitrogens with zero attached hydrogens (tertiary/aromatic N) is 3. The molecule has 45 heavy (non-hydrogen) atoms. The van der Waals surface area contributed by atoms with Crippen LogP contribution >= 0.6 is 0 Å². The molecule has 1 saturated carbocycles. The Morgan fingerprint density at radius 1 is 0.889 bits per heavy atom. The highest BCUT2D eigenvalue weighted by Crippen LogP contribution is 2.50. The maximum Gasteiger partial charge on any atom is 0.254 e. The first-order chi connectivity index (χ1) is 22.1. The second kappa shape index (κ2) is 12.9. The molecule has 1 aliphatic carbocycles. The zero-order chi connectivity index (χ0) is 30.8. The third kappa shape index (κ3) is 5.60. The van der Waals surface area contributed by atoms with Gasteiger partial charge in [-0.25, -0.2) is 0 Å². The average Bonchev–Trinajstić information content (AvgIpc) is 3.42. The molecule has 0 aromatic heterocycles. The number of anilines is 1. The van der Waals surface area contributed by atoms with Gasteiger partial charge in [0.15, 0.2) is 0 Å². The van der Waals surface area contributed by atoms with E-state index >= 15 is 0 Å². The zero-order valence-electron chi connectivity index (χ0n) is 26.6. The molecule has 0 unspecified atom stereocenters. The Kier molecular flexibility index (Phi) is 8.54. The average molecular weight is 607 g/mol. The van der Waals surface area contributed by atoms with E-state index in [1.54, 1.807) is 0 Å². The summed E-state index contributed by atoms with van der Waals surface area (Å²) in [6.07, 6.45) is 8.78. The van der Waals surface area contributed by atoms with Crippen molar-refractivity contribution in [3.63, 3.8) is 0 Å². The van der Waals surface area contributed by atoms with E-state index in [1.807, 2.05) is 43.3 Å². The lowest BCUT2D eigenvalue weighted by Crippen LogP contribution is -2.47. The maximum absolute atomic E-state index is 13.9. The minimum Gasteiger partial charge on any atom is -0.457 e. The number of hydrogen-bond acceptors (Lipinski definition) is 5. The van der Waals surface area contributed by atoms with Crippen molar-refractivity contribution in [2.24, 2.45) is 0 Å². The molecule has 0 atom stereocenters. The SMILES string of the molecule is CCNC(=O)C1(CCCCN2CCN(c3ccc4c(c3)C(=O)N(C3CCCCC3)C4)CC2)c2ccccc2Oc2ccccc21. The first-order valence-electron chi connectivity index (χ1n) is 17.1. The fourth-order valence-corrected chi connectivity index (χ4v) is 8.17. The molecule has 1 N–H and O–H groups in total. The van der Waals surface area contributed by atoms with E-state index in [0.29, 0.717) is 12.6 Å². The van der Waals surface area contributed by atoms with E-state index in [1.165, 1.54) is 30.5 Å². The molecule has 0 spiro atoms. The summed E-state index contributed by atoms with van der Waals surface area (Å²) in [5.41, 5.74) is 4.42. The molecule has 7 rings (SSSR count). The lowest BCUT2D eigenvalue weighted by molar-refractivity contribution is -0.125. The summed E-state index contributed by atoms with van der Waals surface area (Å²) in [5, 5.41) is 3.15. The number of hydrogen-bond donors (Lipinski definition) is 1. The van der Waals surface area contributed by atoms with E-state index in [2.05, 4.69) is 50.3 Å². The van der Waals surface area contributed by atoms with E-state index in [9.17, 15) is 9.59 Å². The molecule has 2 amide bonds. The van der Waals surface area contributed by atoms with Gasteiger partial charge in [-0.3, -0.25) is 14.5 Å². The number of nitrogens with one attached hydrogen (secondary N) is 1. The van der Waals surface area contributed by atoms with Crippen LogP contribution in [0, 0.1) is 0 Å². The van der Waals surface area contributed by atoms with E-state index in [4.69, 9.17) is 4.74 Å². The molecule has 3 heterocycles. The summed E-state index contributed by atoms with van der Waals surface area (Å²) < 4.78 is 6.26. The van der Waals surface area contributed by atoms with E-state index in [0.717, 1.165) is 99.6 Å². The fourth-order valence-electron chi connectivity index (χ4n) is 8.17. The van der Waals surface area contributed by atoms with Crippen molar-refractivity contribution in [2.75, 3.05) is 44.2 Å². The van der Waals surface area contributed by atoms with Gasteiger partial charge in [-0.15, -0.1) is 0 Å². The van der Waals surface area contributed by atoms with Crippen LogP contribution in [0.2, 0.25) is 0 Å². The highest BCUT2D eigenvalue weighted by atomic mass is 16.5. The largest absolute Gasteiger partial charge is 0.457 e. The van der Waals surface area contributed by atoms with Crippen LogP contribution in [0.4, 0.5) is 5.69 Å². The van der Waals surface area contributed by atoms with Crippen LogP contribution in [0.5, 0.6) is 11.5 Å². The molecule has 3 aromatic carbocycles. The number of para-hydroxylation sites is 2. The van der Waals surface area contributed by atoms with Gasteiger partial charge in [-0.1, -0.05) is 68.1 Å². The molecule has 1 saturated heterocycles. The number of ether oxygens (including phenoxy) is 1. The summed E-state index contributed by atoms with van der Waals surface area (Å²) >= 11 is 0. The summed E-state index contributed by atoms with van der Waals surface area (Å²) in [6, 6.07) is 23.0. The normalized spacial score (nSPS) is 19.4. The van der Waals surface area contributed by atoms with Gasteiger partial charge < -0.3 is 19.9 Å². The number of benzene rings is 3. The first-order valence-corrected chi connectivity index (χ1v) is 17.1. The predicted octanol–water partition coefficient (Wildman–Crippen LogP) is 6.50. The van der Waals surface area contributed by atoms with Crippen molar-refractivity contribution in [3.8, 4) is 11.5 Å². The van der Waals surface area contributed by atoms with Crippen molar-refractivity contribution >= 4 is 17.5 Å². The van der Waals surface area contributed by atoms with Gasteiger partial charge in [0.1, 0.15) is 16.9 Å². The van der Waals surface area contributed by atoms with Crippen molar-refractivity contribution in [1.82, 2.24) is 15.1 Å². The van der Waals surface area contributed by atoms with Crippen molar-refractivity contribution in [3.05, 3.63) is 89.0 Å². The number of fused-ring (bicyclic) bond motifs is 3. The lowest BCUT2D eigenvalue weighted by atomic mass is 9.68. The van der Waals surface area contributed by atoms with E-state index in [-0.39, 0.29) is 11.8 Å². The van der Waals surface area contributed by atoms with Gasteiger partial charge >= 0.3 is 0 Å². The van der Waals surface area contributed by atoms with Gasteiger partial charge in [0.25, 0.3) is 5.91 Å². The molecule has 7 heteroatoms. The van der Waals surface area contributed by atoms with Crippen molar-refractivity contribution < 1.29 is 14.3 Å². The molecule has 3 aliphatic heterocycles. The van der Waals surface area contributed by atoms with Crippen LogP contribution in [0.15, 0.2) is 66.7 Å². The molecule has 2 fully saturated rings. The highest BCUT2D eigenvalue weighted by Gasteiger charge is 2.47.